The zero-order chi connectivity index (χ0) is 14.0. The number of anilines is 1. The van der Waals surface area contributed by atoms with Gasteiger partial charge in [-0.05, 0) is 43.4 Å². The molecule has 0 saturated carbocycles. The lowest BCUT2D eigenvalue weighted by Gasteiger charge is -2.36. The van der Waals surface area contributed by atoms with Gasteiger partial charge in [0.25, 0.3) is 0 Å². The molecular weight excluding hydrogens is 238 g/mol. The molecule has 2 rings (SSSR count). The lowest BCUT2D eigenvalue weighted by molar-refractivity contribution is -0.132. The second-order valence-corrected chi connectivity index (χ2v) is 5.52. The summed E-state index contributed by atoms with van der Waals surface area (Å²) in [5.74, 6) is 1.13. The van der Waals surface area contributed by atoms with Crippen LogP contribution in [-0.4, -0.2) is 36.4 Å². The van der Waals surface area contributed by atoms with E-state index in [2.05, 4.69) is 18.0 Å². The molecule has 0 aromatic carbocycles. The van der Waals surface area contributed by atoms with E-state index >= 15 is 0 Å². The van der Waals surface area contributed by atoms with Crippen molar-refractivity contribution in [3.05, 3.63) is 23.4 Å². The quantitative estimate of drug-likeness (QED) is 0.821. The van der Waals surface area contributed by atoms with Gasteiger partial charge in [-0.15, -0.1) is 0 Å². The van der Waals surface area contributed by atoms with Gasteiger partial charge < -0.3 is 9.80 Å². The van der Waals surface area contributed by atoms with E-state index in [-0.39, 0.29) is 11.9 Å². The molecule has 0 bridgehead atoms. The maximum atomic E-state index is 11.8. The van der Waals surface area contributed by atoms with Crippen LogP contribution in [-0.2, 0) is 4.79 Å². The highest BCUT2D eigenvalue weighted by molar-refractivity contribution is 5.74. The zero-order valence-electron chi connectivity index (χ0n) is 12.3. The van der Waals surface area contributed by atoms with Gasteiger partial charge in [0, 0.05) is 33.8 Å². The molecule has 0 unspecified atom stereocenters. The molecule has 2 heterocycles. The molecule has 1 aliphatic rings. The van der Waals surface area contributed by atoms with Crippen molar-refractivity contribution in [3.8, 4) is 0 Å². The number of hydrogen-bond acceptors (Lipinski definition) is 3. The predicted molar refractivity (Wildman–Crippen MR) is 77.3 cm³/mol. The van der Waals surface area contributed by atoms with Crippen molar-refractivity contribution in [2.45, 2.75) is 39.2 Å². The van der Waals surface area contributed by atoms with Crippen LogP contribution in [0.2, 0.25) is 0 Å². The molecule has 4 nitrogen and oxygen atoms in total. The first-order valence-corrected chi connectivity index (χ1v) is 6.91. The molecular formula is C15H23N3O. The van der Waals surface area contributed by atoms with Crippen molar-refractivity contribution in [2.24, 2.45) is 0 Å². The number of hydrogen-bond donors (Lipinski definition) is 0. The SMILES string of the molecule is CC(=O)N1CCCC[C@@H]1c1cnc(N(C)C)cc1C. The molecule has 0 aliphatic carbocycles. The fourth-order valence-electron chi connectivity index (χ4n) is 2.78. The number of carbonyl (C=O) groups is 1. The van der Waals surface area contributed by atoms with Gasteiger partial charge >= 0.3 is 0 Å². The average molecular weight is 261 g/mol. The number of carbonyl (C=O) groups excluding carboxylic acids is 1. The highest BCUT2D eigenvalue weighted by Crippen LogP contribution is 2.33. The van der Waals surface area contributed by atoms with Gasteiger partial charge in [-0.25, -0.2) is 4.98 Å². The van der Waals surface area contributed by atoms with Crippen molar-refractivity contribution in [2.75, 3.05) is 25.5 Å². The summed E-state index contributed by atoms with van der Waals surface area (Å²) in [5, 5.41) is 0. The third-order valence-corrected chi connectivity index (χ3v) is 3.86. The van der Waals surface area contributed by atoms with Crippen molar-refractivity contribution in [1.82, 2.24) is 9.88 Å². The molecule has 1 atom stereocenters. The molecule has 104 valence electrons. The monoisotopic (exact) mass is 261 g/mol. The minimum atomic E-state index is 0.167. The fourth-order valence-corrected chi connectivity index (χ4v) is 2.78. The third-order valence-electron chi connectivity index (χ3n) is 3.86. The molecule has 1 saturated heterocycles. The van der Waals surface area contributed by atoms with Gasteiger partial charge in [0.15, 0.2) is 0 Å². The summed E-state index contributed by atoms with van der Waals surface area (Å²) in [7, 11) is 3.98. The minimum Gasteiger partial charge on any atom is -0.363 e. The van der Waals surface area contributed by atoms with E-state index < -0.39 is 0 Å². The van der Waals surface area contributed by atoms with E-state index in [0.717, 1.165) is 25.2 Å². The Labute approximate surface area is 115 Å². The van der Waals surface area contributed by atoms with Gasteiger partial charge in [0.1, 0.15) is 5.82 Å². The van der Waals surface area contributed by atoms with Crippen molar-refractivity contribution in [1.29, 1.82) is 0 Å². The molecule has 1 fully saturated rings. The van der Waals surface area contributed by atoms with Crippen LogP contribution in [0.5, 0.6) is 0 Å². The Morgan fingerprint density at radius 2 is 2.16 bits per heavy atom. The summed E-state index contributed by atoms with van der Waals surface area (Å²) in [5.41, 5.74) is 2.41. The third kappa shape index (κ3) is 2.88. The Bertz CT molecular complexity index is 470. The first kappa shape index (κ1) is 13.8. The van der Waals surface area contributed by atoms with Crippen molar-refractivity contribution >= 4 is 11.7 Å². The lowest BCUT2D eigenvalue weighted by Crippen LogP contribution is -2.37. The summed E-state index contributed by atoms with van der Waals surface area (Å²) in [4.78, 5) is 20.3. The van der Waals surface area contributed by atoms with Crippen LogP contribution in [0.15, 0.2) is 12.3 Å². The van der Waals surface area contributed by atoms with Gasteiger partial charge in [0.2, 0.25) is 5.91 Å². The minimum absolute atomic E-state index is 0.167. The molecule has 1 amide bonds. The topological polar surface area (TPSA) is 36.4 Å². The summed E-state index contributed by atoms with van der Waals surface area (Å²) < 4.78 is 0. The summed E-state index contributed by atoms with van der Waals surface area (Å²) >= 11 is 0. The van der Waals surface area contributed by atoms with Gasteiger partial charge in [-0.2, -0.15) is 0 Å². The Morgan fingerprint density at radius 3 is 2.74 bits per heavy atom. The van der Waals surface area contributed by atoms with Gasteiger partial charge in [-0.3, -0.25) is 4.79 Å². The van der Waals surface area contributed by atoms with E-state index in [9.17, 15) is 4.79 Å². The first-order valence-electron chi connectivity index (χ1n) is 6.91. The van der Waals surface area contributed by atoms with Gasteiger partial charge in [0.05, 0.1) is 6.04 Å². The maximum Gasteiger partial charge on any atom is 0.219 e. The second kappa shape index (κ2) is 5.59. The lowest BCUT2D eigenvalue weighted by atomic mass is 9.93. The Morgan fingerprint density at radius 1 is 1.42 bits per heavy atom. The molecule has 1 aliphatic heterocycles. The predicted octanol–water partition coefficient (Wildman–Crippen LogP) is 2.53. The molecule has 0 radical (unpaired) electrons. The van der Waals surface area contributed by atoms with Crippen LogP contribution < -0.4 is 4.90 Å². The van der Waals surface area contributed by atoms with Crippen LogP contribution in [0, 0.1) is 6.92 Å². The van der Waals surface area contributed by atoms with Crippen LogP contribution >= 0.6 is 0 Å². The number of pyridine rings is 1. The van der Waals surface area contributed by atoms with E-state index in [1.54, 1.807) is 6.92 Å². The number of piperidine rings is 1. The summed E-state index contributed by atoms with van der Waals surface area (Å²) in [6, 6.07) is 2.30. The Kier molecular flexibility index (Phi) is 4.08. The van der Waals surface area contributed by atoms with Gasteiger partial charge in [-0.1, -0.05) is 0 Å². The van der Waals surface area contributed by atoms with E-state index in [1.165, 1.54) is 17.5 Å². The average Bonchev–Trinajstić information content (AvgIpc) is 2.38. The molecule has 4 heteroatoms. The fraction of sp³-hybridized carbons (Fsp3) is 0.600. The van der Waals surface area contributed by atoms with E-state index in [0.29, 0.717) is 0 Å². The number of amides is 1. The first-order chi connectivity index (χ1) is 9.00. The highest BCUT2D eigenvalue weighted by Gasteiger charge is 2.27. The van der Waals surface area contributed by atoms with Crippen LogP contribution in [0.3, 0.4) is 0 Å². The largest absolute Gasteiger partial charge is 0.363 e. The highest BCUT2D eigenvalue weighted by atomic mass is 16.2. The number of likely N-dealkylation sites (tertiary alicyclic amines) is 1. The summed E-state index contributed by atoms with van der Waals surface area (Å²) in [6.45, 7) is 4.64. The second-order valence-electron chi connectivity index (χ2n) is 5.52. The molecule has 0 N–H and O–H groups in total. The van der Waals surface area contributed by atoms with Crippen molar-refractivity contribution in [3.63, 3.8) is 0 Å². The Balaban J connectivity index is 2.31. The number of aryl methyl sites for hydroxylation is 1. The number of rotatable bonds is 2. The molecule has 19 heavy (non-hydrogen) atoms. The molecule has 1 aromatic rings. The van der Waals surface area contributed by atoms with Crippen LogP contribution in [0.1, 0.15) is 43.4 Å². The van der Waals surface area contributed by atoms with Crippen LogP contribution in [0.4, 0.5) is 5.82 Å². The summed E-state index contributed by atoms with van der Waals surface area (Å²) in [6.07, 6.45) is 5.28. The van der Waals surface area contributed by atoms with E-state index in [4.69, 9.17) is 0 Å². The van der Waals surface area contributed by atoms with Crippen molar-refractivity contribution < 1.29 is 4.79 Å². The Hall–Kier alpha value is -1.58. The standard InChI is InChI=1S/C15H23N3O/c1-11-9-15(17(3)4)16-10-13(11)14-7-5-6-8-18(14)12(2)19/h9-10,14H,5-8H2,1-4H3/t14-/m1/s1. The van der Waals surface area contributed by atoms with E-state index in [1.807, 2.05) is 30.1 Å². The molecule has 0 spiro atoms. The normalized spacial score (nSPS) is 19.4. The van der Waals surface area contributed by atoms with Crippen LogP contribution in [0.25, 0.3) is 0 Å². The zero-order valence-corrected chi connectivity index (χ0v) is 12.3. The smallest absolute Gasteiger partial charge is 0.219 e. The molecule has 1 aromatic heterocycles. The number of aromatic nitrogens is 1. The number of nitrogens with zero attached hydrogens (tertiary/aromatic N) is 3. The maximum absolute atomic E-state index is 11.8.